The number of hydrogen-bond donors (Lipinski definition) is 1. The highest BCUT2D eigenvalue weighted by molar-refractivity contribution is 6.01. The summed E-state index contributed by atoms with van der Waals surface area (Å²) >= 11 is 0. The summed E-state index contributed by atoms with van der Waals surface area (Å²) in [6.45, 7) is 8.41. The van der Waals surface area contributed by atoms with Crippen LogP contribution >= 0.6 is 0 Å². The minimum absolute atomic E-state index is 0.0686. The number of anilines is 1. The van der Waals surface area contributed by atoms with E-state index in [2.05, 4.69) is 25.7 Å². The quantitative estimate of drug-likeness (QED) is 0.492. The molecule has 0 radical (unpaired) electrons. The number of rotatable bonds is 11. The summed E-state index contributed by atoms with van der Waals surface area (Å²) in [7, 11) is 1.58. The number of ketones is 1. The van der Waals surface area contributed by atoms with Crippen LogP contribution in [0.5, 0.6) is 5.75 Å². The third-order valence-corrected chi connectivity index (χ3v) is 4.24. The molecule has 1 aromatic rings. The second-order valence-electron chi connectivity index (χ2n) is 5.99. The van der Waals surface area contributed by atoms with Crippen molar-refractivity contribution in [1.29, 1.82) is 0 Å². The van der Waals surface area contributed by atoms with Crippen LogP contribution in [0.3, 0.4) is 0 Å². The van der Waals surface area contributed by atoms with Crippen LogP contribution in [0.15, 0.2) is 18.2 Å². The SMILES string of the molecule is CCCCN(CCCC)C(CC)C(=O)c1ccc(OC)c(N)c1. The highest BCUT2D eigenvalue weighted by Gasteiger charge is 2.25. The fraction of sp³-hybridized carbons (Fsp3) is 0.632. The minimum atomic E-state index is -0.0686. The van der Waals surface area contributed by atoms with E-state index in [9.17, 15) is 4.79 Å². The van der Waals surface area contributed by atoms with Crippen LogP contribution in [0.2, 0.25) is 0 Å². The number of ether oxygens (including phenoxy) is 1. The van der Waals surface area contributed by atoms with E-state index in [1.54, 1.807) is 19.2 Å². The zero-order chi connectivity index (χ0) is 17.2. The maximum atomic E-state index is 13.0. The molecule has 1 unspecified atom stereocenters. The van der Waals surface area contributed by atoms with Gasteiger partial charge >= 0.3 is 0 Å². The van der Waals surface area contributed by atoms with E-state index in [0.717, 1.165) is 45.2 Å². The van der Waals surface area contributed by atoms with Gasteiger partial charge in [0.2, 0.25) is 0 Å². The van der Waals surface area contributed by atoms with E-state index in [1.165, 1.54) is 0 Å². The summed E-state index contributed by atoms with van der Waals surface area (Å²) in [5.74, 6) is 0.775. The van der Waals surface area contributed by atoms with Crippen LogP contribution in [-0.4, -0.2) is 36.9 Å². The Morgan fingerprint density at radius 2 is 1.78 bits per heavy atom. The van der Waals surface area contributed by atoms with Crippen LogP contribution in [0.4, 0.5) is 5.69 Å². The van der Waals surface area contributed by atoms with E-state index < -0.39 is 0 Å². The Bertz CT molecular complexity index is 480. The number of nitrogens with two attached hydrogens (primary N) is 1. The maximum absolute atomic E-state index is 13.0. The van der Waals surface area contributed by atoms with Gasteiger partial charge in [-0.05, 0) is 50.6 Å². The highest BCUT2D eigenvalue weighted by atomic mass is 16.5. The van der Waals surface area contributed by atoms with Crippen LogP contribution in [-0.2, 0) is 0 Å². The molecule has 0 spiro atoms. The Labute approximate surface area is 141 Å². The number of benzene rings is 1. The van der Waals surface area contributed by atoms with Gasteiger partial charge in [0.1, 0.15) is 5.75 Å². The van der Waals surface area contributed by atoms with Gasteiger partial charge in [-0.15, -0.1) is 0 Å². The number of Topliss-reactive ketones (excluding diaryl/α,β-unsaturated/α-hetero) is 1. The molecule has 0 aliphatic heterocycles. The molecule has 0 aromatic heterocycles. The molecule has 0 heterocycles. The zero-order valence-electron chi connectivity index (χ0n) is 15.1. The fourth-order valence-electron chi connectivity index (χ4n) is 2.84. The van der Waals surface area contributed by atoms with Crippen molar-refractivity contribution in [3.05, 3.63) is 23.8 Å². The van der Waals surface area contributed by atoms with E-state index in [1.807, 2.05) is 6.07 Å². The molecule has 0 saturated heterocycles. The van der Waals surface area contributed by atoms with Gasteiger partial charge in [0, 0.05) is 5.56 Å². The van der Waals surface area contributed by atoms with Crippen molar-refractivity contribution in [2.75, 3.05) is 25.9 Å². The molecule has 1 aromatic carbocycles. The number of hydrogen-bond acceptors (Lipinski definition) is 4. The molecule has 0 bridgehead atoms. The molecule has 2 N–H and O–H groups in total. The third kappa shape index (κ3) is 5.54. The first-order valence-corrected chi connectivity index (χ1v) is 8.80. The number of carbonyl (C=O) groups is 1. The van der Waals surface area contributed by atoms with Gasteiger partial charge in [-0.3, -0.25) is 9.69 Å². The van der Waals surface area contributed by atoms with Crippen molar-refractivity contribution in [1.82, 2.24) is 4.90 Å². The summed E-state index contributed by atoms with van der Waals surface area (Å²) in [6.07, 6.45) is 5.35. The van der Waals surface area contributed by atoms with Crippen molar-refractivity contribution in [3.63, 3.8) is 0 Å². The molecule has 0 saturated carbocycles. The molecule has 0 amide bonds. The van der Waals surface area contributed by atoms with Gasteiger partial charge in [-0.25, -0.2) is 0 Å². The standard InChI is InChI=1S/C19H32N2O2/c1-5-8-12-21(13-9-6-2)17(7-3)19(22)15-10-11-18(23-4)16(20)14-15/h10-11,14,17H,5-9,12-13,20H2,1-4H3. The van der Waals surface area contributed by atoms with Gasteiger partial charge in [0.05, 0.1) is 18.8 Å². The lowest BCUT2D eigenvalue weighted by atomic mass is 9.99. The molecule has 0 aliphatic carbocycles. The Hall–Kier alpha value is -1.55. The summed E-state index contributed by atoms with van der Waals surface area (Å²) in [5.41, 5.74) is 7.15. The first kappa shape index (κ1) is 19.5. The molecule has 23 heavy (non-hydrogen) atoms. The van der Waals surface area contributed by atoms with E-state index in [-0.39, 0.29) is 11.8 Å². The average Bonchev–Trinajstić information content (AvgIpc) is 2.56. The minimum Gasteiger partial charge on any atom is -0.495 e. The summed E-state index contributed by atoms with van der Waals surface area (Å²) < 4.78 is 5.17. The van der Waals surface area contributed by atoms with Crippen molar-refractivity contribution >= 4 is 11.5 Å². The number of unbranched alkanes of at least 4 members (excludes halogenated alkanes) is 2. The molecule has 0 aliphatic rings. The average molecular weight is 320 g/mol. The second-order valence-corrected chi connectivity index (χ2v) is 5.99. The van der Waals surface area contributed by atoms with E-state index in [4.69, 9.17) is 10.5 Å². The number of nitrogens with zero attached hydrogens (tertiary/aromatic N) is 1. The Kier molecular flexibility index (Phi) is 8.70. The van der Waals surface area contributed by atoms with Crippen LogP contribution in [0.25, 0.3) is 0 Å². The van der Waals surface area contributed by atoms with Crippen molar-refractivity contribution in [2.24, 2.45) is 0 Å². The lowest BCUT2D eigenvalue weighted by Gasteiger charge is -2.30. The monoisotopic (exact) mass is 320 g/mol. The Morgan fingerprint density at radius 3 is 2.22 bits per heavy atom. The third-order valence-electron chi connectivity index (χ3n) is 4.24. The van der Waals surface area contributed by atoms with Crippen LogP contribution in [0, 0.1) is 0 Å². The van der Waals surface area contributed by atoms with Crippen molar-refractivity contribution in [3.8, 4) is 5.75 Å². The first-order valence-electron chi connectivity index (χ1n) is 8.80. The van der Waals surface area contributed by atoms with E-state index >= 15 is 0 Å². The largest absolute Gasteiger partial charge is 0.495 e. The summed E-state index contributed by atoms with van der Waals surface area (Å²) in [5, 5.41) is 0. The maximum Gasteiger partial charge on any atom is 0.180 e. The predicted octanol–water partition coefficient (Wildman–Crippen LogP) is 4.14. The molecule has 4 heteroatoms. The normalized spacial score (nSPS) is 12.4. The highest BCUT2D eigenvalue weighted by Crippen LogP contribution is 2.24. The predicted molar refractivity (Wildman–Crippen MR) is 97.2 cm³/mol. The fourth-order valence-corrected chi connectivity index (χ4v) is 2.84. The van der Waals surface area contributed by atoms with E-state index in [0.29, 0.717) is 17.0 Å². The molecule has 1 rings (SSSR count). The van der Waals surface area contributed by atoms with Crippen molar-refractivity contribution in [2.45, 2.75) is 58.9 Å². The molecular formula is C19H32N2O2. The summed E-state index contributed by atoms with van der Waals surface area (Å²) in [6, 6.07) is 5.26. The lowest BCUT2D eigenvalue weighted by Crippen LogP contribution is -2.42. The molecule has 4 nitrogen and oxygen atoms in total. The molecule has 0 fully saturated rings. The zero-order valence-corrected chi connectivity index (χ0v) is 15.1. The molecule has 130 valence electrons. The van der Waals surface area contributed by atoms with Gasteiger partial charge in [-0.1, -0.05) is 33.6 Å². The Morgan fingerprint density at radius 1 is 1.17 bits per heavy atom. The topological polar surface area (TPSA) is 55.6 Å². The van der Waals surface area contributed by atoms with Crippen LogP contribution < -0.4 is 10.5 Å². The lowest BCUT2D eigenvalue weighted by molar-refractivity contribution is 0.0805. The van der Waals surface area contributed by atoms with Crippen molar-refractivity contribution < 1.29 is 9.53 Å². The van der Waals surface area contributed by atoms with Gasteiger partial charge < -0.3 is 10.5 Å². The number of carbonyl (C=O) groups excluding carboxylic acids is 1. The molecule has 1 atom stereocenters. The van der Waals surface area contributed by atoms with Gasteiger partial charge in [0.25, 0.3) is 0 Å². The van der Waals surface area contributed by atoms with Gasteiger partial charge in [-0.2, -0.15) is 0 Å². The van der Waals surface area contributed by atoms with Crippen LogP contribution in [0.1, 0.15) is 63.2 Å². The summed E-state index contributed by atoms with van der Waals surface area (Å²) in [4.78, 5) is 15.3. The smallest absolute Gasteiger partial charge is 0.180 e. The number of nitrogen functional groups attached to an aromatic ring is 1. The Balaban J connectivity index is 2.95. The first-order chi connectivity index (χ1) is 11.1. The number of methoxy groups -OCH3 is 1. The van der Waals surface area contributed by atoms with Gasteiger partial charge in [0.15, 0.2) is 5.78 Å². The second kappa shape index (κ2) is 10.3. The molecular weight excluding hydrogens is 288 g/mol.